The number of nitrogens with zero attached hydrogens (tertiary/aromatic N) is 2. The first-order valence-corrected chi connectivity index (χ1v) is 14.3. The normalized spacial score (nSPS) is 21.5. The van der Waals surface area contributed by atoms with Crippen LogP contribution in [0.5, 0.6) is 0 Å². The number of aromatic nitrogens is 2. The zero-order valence-electron chi connectivity index (χ0n) is 22.0. The van der Waals surface area contributed by atoms with Crippen molar-refractivity contribution in [3.05, 3.63) is 16.6 Å². The third-order valence-electron chi connectivity index (χ3n) is 5.28. The third-order valence-corrected chi connectivity index (χ3v) is 7.65. The van der Waals surface area contributed by atoms with Crippen molar-refractivity contribution in [2.75, 3.05) is 25.9 Å². The maximum atomic E-state index is 11.6. The second kappa shape index (κ2) is 13.8. The first-order chi connectivity index (χ1) is 18.4. The summed E-state index contributed by atoms with van der Waals surface area (Å²) in [6.07, 6.45) is -4.12. The molecule has 0 spiro atoms. The summed E-state index contributed by atoms with van der Waals surface area (Å²) in [5, 5.41) is 13.3. The number of aliphatic hydroxyl groups excluding tert-OH is 1. The number of carbonyl (C=O) groups is 2. The Kier molecular flexibility index (Phi) is 11.0. The summed E-state index contributed by atoms with van der Waals surface area (Å²) in [7, 11) is -4.27. The van der Waals surface area contributed by atoms with Gasteiger partial charge in [-0.1, -0.05) is 6.92 Å². The number of anilines is 1. The van der Waals surface area contributed by atoms with E-state index in [0.29, 0.717) is 16.7 Å². The third kappa shape index (κ3) is 8.53. The molecular weight excluding hydrogens is 561 g/mol. The Bertz CT molecular complexity index is 1090. The van der Waals surface area contributed by atoms with Crippen LogP contribution in [0.1, 0.15) is 45.6 Å². The molecule has 3 heterocycles. The van der Waals surface area contributed by atoms with E-state index in [0.717, 1.165) is 4.88 Å². The van der Waals surface area contributed by atoms with Crippen LogP contribution in [0.3, 0.4) is 0 Å². The van der Waals surface area contributed by atoms with Gasteiger partial charge in [-0.2, -0.15) is 9.42 Å². The molecule has 4 atom stereocenters. The summed E-state index contributed by atoms with van der Waals surface area (Å²) < 4.78 is 40.9. The van der Waals surface area contributed by atoms with E-state index in [2.05, 4.69) is 9.97 Å². The Balaban J connectivity index is 1.64. The van der Waals surface area contributed by atoms with Gasteiger partial charge in [0.25, 0.3) is 0 Å². The van der Waals surface area contributed by atoms with Crippen LogP contribution in [0.2, 0.25) is 0 Å². The van der Waals surface area contributed by atoms with E-state index in [1.165, 1.54) is 17.7 Å². The minimum atomic E-state index is -4.27. The van der Waals surface area contributed by atoms with E-state index < -0.39 is 64.6 Å². The minimum absolute atomic E-state index is 0.330. The lowest BCUT2D eigenvalue weighted by molar-refractivity contribution is -0.0701. The molecule has 0 bridgehead atoms. The lowest BCUT2D eigenvalue weighted by atomic mass is 9.97. The standard InChI is InChI=1S/C22H33N3O12PS/c1-11(2)35-21(27)30-9-33-38(29,34-10-31-22(28)36-12(3)4)32-6-15-17(26)13(5)18(37-15)19-16-14(7-39-19)20(23)25-8-24-16/h7-8,11-13,15,17-18,26,29H,6,9-10H2,1-5H3,(H2,23,24,25)/q+1. The van der Waals surface area contributed by atoms with Crippen molar-refractivity contribution in [2.45, 2.75) is 65.1 Å². The highest BCUT2D eigenvalue weighted by atomic mass is 32.1. The molecule has 0 radical (unpaired) electrons. The summed E-state index contributed by atoms with van der Waals surface area (Å²) in [5.41, 5.74) is 6.55. The predicted octanol–water partition coefficient (Wildman–Crippen LogP) is 3.47. The molecule has 0 aliphatic carbocycles. The predicted molar refractivity (Wildman–Crippen MR) is 137 cm³/mol. The molecule has 17 heteroatoms. The van der Waals surface area contributed by atoms with Gasteiger partial charge in [-0.15, -0.1) is 20.4 Å². The van der Waals surface area contributed by atoms with Gasteiger partial charge in [0.15, 0.2) is 0 Å². The number of hydrogen-bond donors (Lipinski definition) is 3. The summed E-state index contributed by atoms with van der Waals surface area (Å²) in [4.78, 5) is 43.1. The van der Waals surface area contributed by atoms with Gasteiger partial charge >= 0.3 is 20.5 Å². The van der Waals surface area contributed by atoms with Crippen LogP contribution in [-0.4, -0.2) is 76.9 Å². The molecule has 15 nitrogen and oxygen atoms in total. The van der Waals surface area contributed by atoms with Gasteiger partial charge in [-0.3, -0.25) is 0 Å². The average molecular weight is 595 g/mol. The van der Waals surface area contributed by atoms with Crippen molar-refractivity contribution < 1.29 is 56.8 Å². The van der Waals surface area contributed by atoms with E-state index in [1.807, 2.05) is 5.38 Å². The van der Waals surface area contributed by atoms with Crippen LogP contribution in [0.4, 0.5) is 15.4 Å². The molecule has 218 valence electrons. The molecule has 4 unspecified atom stereocenters. The Hall–Kier alpha value is -2.43. The fourth-order valence-corrected chi connectivity index (χ4v) is 5.55. The Labute approximate surface area is 229 Å². The van der Waals surface area contributed by atoms with Crippen molar-refractivity contribution >= 4 is 48.5 Å². The molecule has 2 aromatic rings. The molecule has 3 rings (SSSR count). The maximum Gasteiger partial charge on any atom is 0.579 e. The Morgan fingerprint density at radius 2 is 1.67 bits per heavy atom. The smallest absolute Gasteiger partial charge is 0.432 e. The molecular formula is C22H33N3O12PS+. The summed E-state index contributed by atoms with van der Waals surface area (Å²) in [6, 6.07) is 0. The number of nitrogens with two attached hydrogens (primary N) is 1. The van der Waals surface area contributed by atoms with Crippen molar-refractivity contribution in [2.24, 2.45) is 5.92 Å². The second-order valence-electron chi connectivity index (χ2n) is 8.95. The molecule has 4 N–H and O–H groups in total. The average Bonchev–Trinajstić information content (AvgIpc) is 3.39. The quantitative estimate of drug-likeness (QED) is 0.183. The first kappa shape index (κ1) is 31.1. The summed E-state index contributed by atoms with van der Waals surface area (Å²) in [6.45, 7) is 6.27. The number of nitrogen functional groups attached to an aromatic ring is 1. The molecule has 2 aromatic heterocycles. The van der Waals surface area contributed by atoms with Crippen molar-refractivity contribution in [3.63, 3.8) is 0 Å². The number of hydrogen-bond acceptors (Lipinski definition) is 16. The van der Waals surface area contributed by atoms with Crippen molar-refractivity contribution in [3.8, 4) is 0 Å². The number of ether oxygens (including phenoxy) is 5. The van der Waals surface area contributed by atoms with Crippen LogP contribution < -0.4 is 5.73 Å². The molecule has 1 saturated heterocycles. The SMILES string of the molecule is CC(C)OC(=O)OCO[P+](O)(OCOC(=O)OC(C)C)OCC1OC(c2scc3c(N)ncnc23)C(C)C1O. The summed E-state index contributed by atoms with van der Waals surface area (Å²) in [5.74, 6) is -0.0510. The lowest BCUT2D eigenvalue weighted by Gasteiger charge is -2.18. The fourth-order valence-electron chi connectivity index (χ4n) is 3.47. The number of thiophene rings is 1. The largest absolute Gasteiger partial charge is 0.579 e. The molecule has 0 saturated carbocycles. The first-order valence-electron chi connectivity index (χ1n) is 11.9. The highest BCUT2D eigenvalue weighted by molar-refractivity contribution is 7.55. The van der Waals surface area contributed by atoms with Gasteiger partial charge < -0.3 is 34.5 Å². The van der Waals surface area contributed by atoms with E-state index in [1.54, 1.807) is 34.6 Å². The van der Waals surface area contributed by atoms with Gasteiger partial charge in [0, 0.05) is 11.3 Å². The van der Waals surface area contributed by atoms with E-state index in [4.69, 9.17) is 43.0 Å². The summed E-state index contributed by atoms with van der Waals surface area (Å²) >= 11 is 1.37. The minimum Gasteiger partial charge on any atom is -0.432 e. The van der Waals surface area contributed by atoms with Gasteiger partial charge in [0.2, 0.25) is 13.6 Å². The molecule has 0 aromatic carbocycles. The second-order valence-corrected chi connectivity index (χ2v) is 11.6. The van der Waals surface area contributed by atoms with Gasteiger partial charge in [-0.25, -0.2) is 19.6 Å². The number of aliphatic hydroxyl groups is 1. The highest BCUT2D eigenvalue weighted by Crippen LogP contribution is 2.58. The lowest BCUT2D eigenvalue weighted by Crippen LogP contribution is -2.30. The van der Waals surface area contributed by atoms with Gasteiger partial charge in [-0.05, 0) is 27.7 Å². The molecule has 1 aliphatic heterocycles. The molecule has 1 aliphatic rings. The van der Waals surface area contributed by atoms with Crippen LogP contribution in [-0.2, 0) is 37.3 Å². The van der Waals surface area contributed by atoms with Crippen molar-refractivity contribution in [1.82, 2.24) is 9.97 Å². The van der Waals surface area contributed by atoms with Gasteiger partial charge in [0.05, 0.1) is 40.2 Å². The number of rotatable bonds is 12. The monoisotopic (exact) mass is 594 g/mol. The van der Waals surface area contributed by atoms with Gasteiger partial charge in [0.1, 0.15) is 24.9 Å². The maximum absolute atomic E-state index is 11.6. The Morgan fingerprint density at radius 3 is 2.23 bits per heavy atom. The Morgan fingerprint density at radius 1 is 1.08 bits per heavy atom. The van der Waals surface area contributed by atoms with E-state index in [9.17, 15) is 19.6 Å². The van der Waals surface area contributed by atoms with E-state index in [-0.39, 0.29) is 12.5 Å². The number of fused-ring (bicyclic) bond motifs is 1. The van der Waals surface area contributed by atoms with Crippen LogP contribution >= 0.6 is 19.5 Å². The zero-order valence-corrected chi connectivity index (χ0v) is 23.8. The number of carbonyl (C=O) groups excluding carboxylic acids is 2. The highest BCUT2D eigenvalue weighted by Gasteiger charge is 2.50. The fraction of sp³-hybridized carbons (Fsp3) is 0.636. The molecule has 1 fully saturated rings. The molecule has 0 amide bonds. The van der Waals surface area contributed by atoms with Crippen LogP contribution in [0.15, 0.2) is 11.7 Å². The van der Waals surface area contributed by atoms with Crippen LogP contribution in [0.25, 0.3) is 10.9 Å². The van der Waals surface area contributed by atoms with Crippen molar-refractivity contribution in [1.29, 1.82) is 0 Å². The molecule has 39 heavy (non-hydrogen) atoms. The van der Waals surface area contributed by atoms with Crippen LogP contribution in [0, 0.1) is 5.92 Å². The zero-order chi connectivity index (χ0) is 28.7. The topological polar surface area (TPSA) is 200 Å². The van der Waals surface area contributed by atoms with E-state index >= 15 is 0 Å².